The van der Waals surface area contributed by atoms with Gasteiger partial charge >= 0.3 is 6.09 Å². The second-order valence-electron chi connectivity index (χ2n) is 6.65. The van der Waals surface area contributed by atoms with Crippen LogP contribution in [0.15, 0.2) is 29.2 Å². The first-order valence-electron chi connectivity index (χ1n) is 8.12. The molecule has 0 aromatic heterocycles. The van der Waals surface area contributed by atoms with Crippen LogP contribution >= 0.6 is 11.8 Å². The van der Waals surface area contributed by atoms with E-state index < -0.39 is 5.60 Å². The second kappa shape index (κ2) is 9.18. The van der Waals surface area contributed by atoms with Gasteiger partial charge in [-0.15, -0.1) is 11.8 Å². The molecule has 2 unspecified atom stereocenters. The molecule has 23 heavy (non-hydrogen) atoms. The maximum Gasteiger partial charge on any atom is 0.407 e. The summed E-state index contributed by atoms with van der Waals surface area (Å²) < 4.78 is 5.31. The lowest BCUT2D eigenvalue weighted by Gasteiger charge is -2.24. The van der Waals surface area contributed by atoms with Crippen LogP contribution in [-0.2, 0) is 4.74 Å². The van der Waals surface area contributed by atoms with Gasteiger partial charge in [-0.1, -0.05) is 19.1 Å². The van der Waals surface area contributed by atoms with Crippen molar-refractivity contribution in [3.63, 3.8) is 0 Å². The smallest absolute Gasteiger partial charge is 0.407 e. The van der Waals surface area contributed by atoms with Crippen LogP contribution in [0.3, 0.4) is 0 Å². The van der Waals surface area contributed by atoms with Crippen molar-refractivity contribution in [3.8, 4) is 0 Å². The molecule has 0 saturated heterocycles. The summed E-state index contributed by atoms with van der Waals surface area (Å²) in [4.78, 5) is 13.1. The molecule has 5 heteroatoms. The molecule has 0 fully saturated rings. The molecule has 0 aliphatic rings. The van der Waals surface area contributed by atoms with Gasteiger partial charge in [0.25, 0.3) is 0 Å². The number of carbonyl (C=O) groups excluding carboxylic acids is 1. The van der Waals surface area contributed by atoms with Crippen molar-refractivity contribution in [2.45, 2.75) is 63.6 Å². The Morgan fingerprint density at radius 3 is 2.35 bits per heavy atom. The maximum absolute atomic E-state index is 11.8. The number of hydrogen-bond acceptors (Lipinski definition) is 4. The van der Waals surface area contributed by atoms with Crippen LogP contribution in [0.5, 0.6) is 0 Å². The number of hydrogen-bond donors (Lipinski definition) is 2. The highest BCUT2D eigenvalue weighted by molar-refractivity contribution is 7.98. The van der Waals surface area contributed by atoms with Gasteiger partial charge in [0.2, 0.25) is 0 Å². The van der Waals surface area contributed by atoms with Gasteiger partial charge in [0.1, 0.15) is 5.60 Å². The number of carbonyl (C=O) groups is 1. The minimum atomic E-state index is -0.470. The molecule has 0 bridgehead atoms. The molecular weight excluding hydrogens is 308 g/mol. The first-order chi connectivity index (χ1) is 10.7. The van der Waals surface area contributed by atoms with Crippen molar-refractivity contribution >= 4 is 17.9 Å². The van der Waals surface area contributed by atoms with E-state index in [0.717, 1.165) is 6.42 Å². The molecule has 0 saturated carbocycles. The highest BCUT2D eigenvalue weighted by Crippen LogP contribution is 2.18. The van der Waals surface area contributed by atoms with E-state index in [0.29, 0.717) is 6.54 Å². The maximum atomic E-state index is 11.8. The van der Waals surface area contributed by atoms with Gasteiger partial charge < -0.3 is 15.4 Å². The Kier molecular flexibility index (Phi) is 7.92. The zero-order valence-corrected chi connectivity index (χ0v) is 15.9. The van der Waals surface area contributed by atoms with E-state index >= 15 is 0 Å². The SMILES string of the molecule is CCC(CNC(C)c1ccc(SC)cc1)NC(=O)OC(C)(C)C. The fraction of sp³-hybridized carbons (Fsp3) is 0.611. The number of ether oxygens (including phenoxy) is 1. The van der Waals surface area contributed by atoms with Crippen LogP contribution < -0.4 is 10.6 Å². The molecule has 2 atom stereocenters. The molecule has 1 aromatic rings. The fourth-order valence-corrected chi connectivity index (χ4v) is 2.51. The van der Waals surface area contributed by atoms with Gasteiger partial charge in [-0.2, -0.15) is 0 Å². The van der Waals surface area contributed by atoms with Crippen molar-refractivity contribution in [2.75, 3.05) is 12.8 Å². The van der Waals surface area contributed by atoms with E-state index in [2.05, 4.69) is 55.0 Å². The van der Waals surface area contributed by atoms with Crippen LogP contribution in [0, 0.1) is 0 Å². The lowest BCUT2D eigenvalue weighted by Crippen LogP contribution is -2.44. The normalized spacial score (nSPS) is 14.2. The average molecular weight is 339 g/mol. The summed E-state index contributed by atoms with van der Waals surface area (Å²) in [5.41, 5.74) is 0.775. The third kappa shape index (κ3) is 7.75. The topological polar surface area (TPSA) is 50.4 Å². The molecule has 0 heterocycles. The van der Waals surface area contributed by atoms with Gasteiger partial charge in [0.15, 0.2) is 0 Å². The van der Waals surface area contributed by atoms with Crippen LogP contribution in [0.4, 0.5) is 4.79 Å². The van der Waals surface area contributed by atoms with Crippen LogP contribution in [0.25, 0.3) is 0 Å². The molecule has 1 aromatic carbocycles. The Bertz CT molecular complexity index is 483. The first kappa shape index (κ1) is 19.8. The minimum absolute atomic E-state index is 0.0535. The number of amides is 1. The Morgan fingerprint density at radius 2 is 1.87 bits per heavy atom. The number of thioether (sulfide) groups is 1. The van der Waals surface area contributed by atoms with Gasteiger partial charge in [-0.3, -0.25) is 0 Å². The molecule has 0 spiro atoms. The number of rotatable bonds is 7. The van der Waals surface area contributed by atoms with E-state index in [1.165, 1.54) is 10.5 Å². The number of benzene rings is 1. The van der Waals surface area contributed by atoms with Gasteiger partial charge in [0.05, 0.1) is 0 Å². The summed E-state index contributed by atoms with van der Waals surface area (Å²) in [6.45, 7) is 10.5. The van der Waals surface area contributed by atoms with Gasteiger partial charge in [-0.25, -0.2) is 4.79 Å². The highest BCUT2D eigenvalue weighted by Gasteiger charge is 2.19. The fourth-order valence-electron chi connectivity index (χ4n) is 2.10. The minimum Gasteiger partial charge on any atom is -0.444 e. The van der Waals surface area contributed by atoms with Crippen LogP contribution in [0.2, 0.25) is 0 Å². The molecule has 0 radical (unpaired) electrons. The standard InChI is InChI=1S/C18H30N2O2S/c1-7-15(20-17(21)22-18(3,4)5)12-19-13(2)14-8-10-16(23-6)11-9-14/h8-11,13,15,19H,7,12H2,1-6H3,(H,20,21). The molecule has 4 nitrogen and oxygen atoms in total. The average Bonchev–Trinajstić information content (AvgIpc) is 2.49. The summed E-state index contributed by atoms with van der Waals surface area (Å²) in [6, 6.07) is 8.85. The van der Waals surface area contributed by atoms with E-state index in [4.69, 9.17) is 4.74 Å². The summed E-state index contributed by atoms with van der Waals surface area (Å²) in [6.07, 6.45) is 2.57. The van der Waals surface area contributed by atoms with Crippen molar-refractivity contribution in [3.05, 3.63) is 29.8 Å². The molecular formula is C18H30N2O2S. The monoisotopic (exact) mass is 338 g/mol. The Labute approximate surface area is 144 Å². The second-order valence-corrected chi connectivity index (χ2v) is 7.53. The third-order valence-electron chi connectivity index (χ3n) is 3.50. The van der Waals surface area contributed by atoms with E-state index in [1.54, 1.807) is 11.8 Å². The largest absolute Gasteiger partial charge is 0.444 e. The molecule has 130 valence electrons. The van der Waals surface area contributed by atoms with Crippen molar-refractivity contribution in [2.24, 2.45) is 0 Å². The number of nitrogens with one attached hydrogen (secondary N) is 2. The molecule has 2 N–H and O–H groups in total. The predicted octanol–water partition coefficient (Wildman–Crippen LogP) is 4.36. The van der Waals surface area contributed by atoms with Crippen molar-refractivity contribution in [1.82, 2.24) is 10.6 Å². The number of alkyl carbamates (subject to hydrolysis) is 1. The van der Waals surface area contributed by atoms with Crippen molar-refractivity contribution < 1.29 is 9.53 Å². The Morgan fingerprint density at radius 1 is 1.26 bits per heavy atom. The summed E-state index contributed by atoms with van der Waals surface area (Å²) in [5.74, 6) is 0. The Balaban J connectivity index is 2.47. The zero-order valence-electron chi connectivity index (χ0n) is 15.1. The summed E-state index contributed by atoms with van der Waals surface area (Å²) in [5, 5.41) is 6.40. The lowest BCUT2D eigenvalue weighted by molar-refractivity contribution is 0.0502. The van der Waals surface area contributed by atoms with Crippen LogP contribution in [-0.4, -0.2) is 30.5 Å². The Hall–Kier alpha value is -1.20. The third-order valence-corrected chi connectivity index (χ3v) is 4.24. The predicted molar refractivity (Wildman–Crippen MR) is 98.1 cm³/mol. The molecule has 1 rings (SSSR count). The summed E-state index contributed by atoms with van der Waals surface area (Å²) in [7, 11) is 0. The molecule has 0 aliphatic carbocycles. The molecule has 1 amide bonds. The van der Waals surface area contributed by atoms with Crippen LogP contribution in [0.1, 0.15) is 52.6 Å². The van der Waals surface area contributed by atoms with E-state index in [1.807, 2.05) is 20.8 Å². The van der Waals surface area contributed by atoms with Gasteiger partial charge in [-0.05, 0) is 58.1 Å². The van der Waals surface area contributed by atoms with E-state index in [-0.39, 0.29) is 18.2 Å². The quantitative estimate of drug-likeness (QED) is 0.725. The van der Waals surface area contributed by atoms with E-state index in [9.17, 15) is 4.79 Å². The van der Waals surface area contributed by atoms with Gasteiger partial charge in [0, 0.05) is 23.5 Å². The van der Waals surface area contributed by atoms with Crippen molar-refractivity contribution in [1.29, 1.82) is 0 Å². The first-order valence-corrected chi connectivity index (χ1v) is 9.34. The lowest BCUT2D eigenvalue weighted by atomic mass is 10.1. The summed E-state index contributed by atoms with van der Waals surface area (Å²) >= 11 is 1.74. The molecule has 0 aliphatic heterocycles. The highest BCUT2D eigenvalue weighted by atomic mass is 32.2. The zero-order chi connectivity index (χ0) is 17.5.